The third-order valence-corrected chi connectivity index (χ3v) is 3.10. The second-order valence-corrected chi connectivity index (χ2v) is 4.47. The van der Waals surface area contributed by atoms with Crippen LogP contribution in [0.4, 0.5) is 0 Å². The maximum Gasteiger partial charge on any atom is 0.337 e. The summed E-state index contributed by atoms with van der Waals surface area (Å²) in [5.41, 5.74) is 1.42. The highest BCUT2D eigenvalue weighted by atomic mass is 16.5. The smallest absolute Gasteiger partial charge is 0.337 e. The summed E-state index contributed by atoms with van der Waals surface area (Å²) in [6.07, 6.45) is 3.03. The van der Waals surface area contributed by atoms with Gasteiger partial charge >= 0.3 is 5.97 Å². The van der Waals surface area contributed by atoms with Gasteiger partial charge in [0.1, 0.15) is 12.0 Å². The van der Waals surface area contributed by atoms with E-state index in [1.54, 1.807) is 36.5 Å². The second-order valence-electron chi connectivity index (χ2n) is 4.47. The van der Waals surface area contributed by atoms with E-state index < -0.39 is 5.97 Å². The Balaban J connectivity index is 1.92. The number of aromatic nitrogens is 3. The molecule has 1 N–H and O–H groups in total. The van der Waals surface area contributed by atoms with E-state index in [0.717, 1.165) is 0 Å². The molecule has 0 unspecified atom stereocenters. The highest BCUT2D eigenvalue weighted by Gasteiger charge is 2.04. The van der Waals surface area contributed by atoms with Gasteiger partial charge in [0.2, 0.25) is 0 Å². The van der Waals surface area contributed by atoms with Gasteiger partial charge in [-0.2, -0.15) is 0 Å². The predicted molar refractivity (Wildman–Crippen MR) is 80.4 cm³/mol. The van der Waals surface area contributed by atoms with Gasteiger partial charge in [0, 0.05) is 17.8 Å². The van der Waals surface area contributed by atoms with Gasteiger partial charge in [-0.25, -0.2) is 14.3 Å². The fourth-order valence-electron chi connectivity index (χ4n) is 1.95. The summed E-state index contributed by atoms with van der Waals surface area (Å²) in [5, 5.41) is 0.484. The Kier molecular flexibility index (Phi) is 3.46. The number of nitrogens with one attached hydrogen (secondary N) is 1. The van der Waals surface area contributed by atoms with Crippen LogP contribution >= 0.6 is 0 Å². The first-order chi connectivity index (χ1) is 10.7. The predicted octanol–water partition coefficient (Wildman–Crippen LogP) is 1.37. The maximum absolute atomic E-state index is 12.1. The molecule has 0 spiro atoms. The molecule has 0 aliphatic carbocycles. The van der Waals surface area contributed by atoms with Crippen molar-refractivity contribution >= 4 is 17.0 Å². The Labute approximate surface area is 125 Å². The summed E-state index contributed by atoms with van der Waals surface area (Å²) in [4.78, 5) is 30.4. The Morgan fingerprint density at radius 3 is 2.77 bits per heavy atom. The zero-order valence-electron chi connectivity index (χ0n) is 11.7. The fraction of sp³-hybridized carbons (Fsp3) is 0.0625. The molecule has 1 aromatic carbocycles. The van der Waals surface area contributed by atoms with Gasteiger partial charge in [-0.15, -0.1) is 0 Å². The van der Waals surface area contributed by atoms with E-state index in [2.05, 4.69) is 26.7 Å². The number of methoxy groups -OCH3 is 1. The minimum absolute atomic E-state index is 0.232. The molecule has 22 heavy (non-hydrogen) atoms. The summed E-state index contributed by atoms with van der Waals surface area (Å²) in [6.45, 7) is 0. The average molecular weight is 293 g/mol. The van der Waals surface area contributed by atoms with Crippen LogP contribution < -0.4 is 5.56 Å². The number of carbonyl (C=O) groups excluding carboxylic acids is 1. The molecular formula is C16H11N3O3. The number of rotatable bonds is 1. The van der Waals surface area contributed by atoms with Gasteiger partial charge in [0.25, 0.3) is 5.56 Å². The van der Waals surface area contributed by atoms with Crippen LogP contribution in [-0.4, -0.2) is 27.6 Å². The first-order valence-electron chi connectivity index (χ1n) is 6.44. The molecule has 2 heterocycles. The average Bonchev–Trinajstić information content (AvgIpc) is 3.03. The van der Waals surface area contributed by atoms with Gasteiger partial charge in [-0.1, -0.05) is 0 Å². The summed E-state index contributed by atoms with van der Waals surface area (Å²) >= 11 is 0. The van der Waals surface area contributed by atoms with E-state index in [-0.39, 0.29) is 5.56 Å². The zero-order valence-corrected chi connectivity index (χ0v) is 11.7. The molecule has 0 aliphatic rings. The van der Waals surface area contributed by atoms with Crippen LogP contribution in [0.3, 0.4) is 0 Å². The molecule has 0 aliphatic heterocycles. The summed E-state index contributed by atoms with van der Waals surface area (Å²) in [7, 11) is 1.33. The second kappa shape index (κ2) is 5.58. The Hall–Kier alpha value is -3.33. The zero-order chi connectivity index (χ0) is 15.5. The molecule has 0 radical (unpaired) electrons. The minimum Gasteiger partial charge on any atom is -0.465 e. The van der Waals surface area contributed by atoms with Crippen LogP contribution in [0, 0.1) is 12.0 Å². The third-order valence-electron chi connectivity index (χ3n) is 3.10. The number of hydrogen-bond acceptors (Lipinski definition) is 4. The lowest BCUT2D eigenvalue weighted by Crippen LogP contribution is -2.16. The summed E-state index contributed by atoms with van der Waals surface area (Å²) in [6, 6.07) is 11.0. The van der Waals surface area contributed by atoms with E-state index in [4.69, 9.17) is 0 Å². The Bertz CT molecular complexity index is 956. The van der Waals surface area contributed by atoms with Crippen LogP contribution in [0.25, 0.3) is 11.0 Å². The van der Waals surface area contributed by atoms with Crippen LogP contribution in [0.2, 0.25) is 0 Å². The quantitative estimate of drug-likeness (QED) is 0.543. The topological polar surface area (TPSA) is 77.0 Å². The highest BCUT2D eigenvalue weighted by Crippen LogP contribution is 2.05. The van der Waals surface area contributed by atoms with Crippen molar-refractivity contribution in [3.8, 4) is 12.0 Å². The van der Waals surface area contributed by atoms with E-state index in [0.29, 0.717) is 22.2 Å². The number of nitrogens with zero attached hydrogens (tertiary/aromatic N) is 2. The summed E-state index contributed by atoms with van der Waals surface area (Å²) in [5.74, 6) is 2.45. The third kappa shape index (κ3) is 2.47. The van der Waals surface area contributed by atoms with Gasteiger partial charge < -0.3 is 9.72 Å². The number of aromatic amines is 1. The maximum atomic E-state index is 12.1. The highest BCUT2D eigenvalue weighted by molar-refractivity contribution is 5.89. The van der Waals surface area contributed by atoms with Crippen LogP contribution in [0.1, 0.15) is 15.9 Å². The molecule has 0 bridgehead atoms. The number of fused-ring (bicyclic) bond motifs is 1. The van der Waals surface area contributed by atoms with E-state index in [1.165, 1.54) is 18.0 Å². The molecule has 3 aromatic rings. The molecule has 3 rings (SSSR count). The fourth-order valence-corrected chi connectivity index (χ4v) is 1.95. The minimum atomic E-state index is -0.405. The van der Waals surface area contributed by atoms with Crippen molar-refractivity contribution in [1.29, 1.82) is 0 Å². The van der Waals surface area contributed by atoms with Crippen molar-refractivity contribution in [2.45, 2.75) is 0 Å². The van der Waals surface area contributed by atoms with Crippen molar-refractivity contribution in [2.75, 3.05) is 7.11 Å². The van der Waals surface area contributed by atoms with Crippen LogP contribution in [0.15, 0.2) is 47.7 Å². The molecule has 6 nitrogen and oxygen atoms in total. The molecule has 0 fully saturated rings. The number of benzene rings is 1. The molecule has 0 atom stereocenters. The number of hydrogen-bond donors (Lipinski definition) is 1. The normalized spacial score (nSPS) is 10.0. The first-order valence-corrected chi connectivity index (χ1v) is 6.44. The largest absolute Gasteiger partial charge is 0.465 e. The van der Waals surface area contributed by atoms with Crippen molar-refractivity contribution in [3.63, 3.8) is 0 Å². The lowest BCUT2D eigenvalue weighted by Gasteiger charge is -1.98. The van der Waals surface area contributed by atoms with Crippen LogP contribution in [0.5, 0.6) is 0 Å². The lowest BCUT2D eigenvalue weighted by molar-refractivity contribution is 0.0600. The SMILES string of the molecule is COC(=O)c1ccc(C#Cn2cnc3[nH]ccc3c2=O)cc1. The van der Waals surface area contributed by atoms with Crippen molar-refractivity contribution in [2.24, 2.45) is 0 Å². The van der Waals surface area contributed by atoms with Gasteiger partial charge in [-0.05, 0) is 36.3 Å². The van der Waals surface area contributed by atoms with E-state index in [1.807, 2.05) is 0 Å². The molecule has 2 aromatic heterocycles. The van der Waals surface area contributed by atoms with Crippen molar-refractivity contribution in [3.05, 3.63) is 64.3 Å². The molecule has 0 saturated heterocycles. The Morgan fingerprint density at radius 1 is 1.27 bits per heavy atom. The van der Waals surface area contributed by atoms with Gasteiger partial charge in [-0.3, -0.25) is 4.79 Å². The Morgan fingerprint density at radius 2 is 2.05 bits per heavy atom. The number of ether oxygens (including phenoxy) is 1. The lowest BCUT2D eigenvalue weighted by atomic mass is 10.1. The monoisotopic (exact) mass is 293 g/mol. The molecule has 0 amide bonds. The standard InChI is InChI=1S/C16H11N3O3/c1-22-16(21)12-4-2-11(3-5-12)7-9-19-10-18-14-13(15(19)20)6-8-17-14/h2-6,8,10,17H,1H3. The first kappa shape index (κ1) is 13.6. The van der Waals surface area contributed by atoms with Crippen molar-refractivity contribution in [1.82, 2.24) is 14.5 Å². The molecule has 108 valence electrons. The van der Waals surface area contributed by atoms with E-state index >= 15 is 0 Å². The van der Waals surface area contributed by atoms with Gasteiger partial charge in [0.15, 0.2) is 0 Å². The number of carbonyl (C=O) groups is 1. The molecule has 0 saturated carbocycles. The van der Waals surface area contributed by atoms with Crippen LogP contribution in [-0.2, 0) is 4.74 Å². The van der Waals surface area contributed by atoms with Gasteiger partial charge in [0.05, 0.1) is 18.1 Å². The summed E-state index contributed by atoms with van der Waals surface area (Å²) < 4.78 is 5.85. The molecule has 6 heteroatoms. The van der Waals surface area contributed by atoms with E-state index in [9.17, 15) is 9.59 Å². The van der Waals surface area contributed by atoms with Crippen molar-refractivity contribution < 1.29 is 9.53 Å². The number of H-pyrrole nitrogens is 1. The molecular weight excluding hydrogens is 282 g/mol. The number of esters is 1.